The fourth-order valence-electron chi connectivity index (χ4n) is 2.57. The minimum absolute atomic E-state index is 0.0834. The van der Waals surface area contributed by atoms with E-state index in [1.165, 1.54) is 23.0 Å². The van der Waals surface area contributed by atoms with Gasteiger partial charge in [-0.15, -0.1) is 11.3 Å². The average molecular weight is 372 g/mol. The molecule has 0 aliphatic heterocycles. The summed E-state index contributed by atoms with van der Waals surface area (Å²) in [5.41, 5.74) is 5.87. The summed E-state index contributed by atoms with van der Waals surface area (Å²) in [5.74, 6) is -0.948. The van der Waals surface area contributed by atoms with Crippen LogP contribution >= 0.6 is 11.3 Å². The topological polar surface area (TPSA) is 127 Å². The molecule has 2 aromatic heterocycles. The van der Waals surface area contributed by atoms with Gasteiger partial charge in [-0.25, -0.2) is 4.98 Å². The number of nitrogens with zero attached hydrogens (tertiary/aromatic N) is 2. The largest absolute Gasteiger partial charge is 0.508 e. The van der Waals surface area contributed by atoms with Crippen LogP contribution in [0.25, 0.3) is 10.2 Å². The van der Waals surface area contributed by atoms with E-state index in [-0.39, 0.29) is 16.0 Å². The number of aryl methyl sites for hydroxylation is 1. The van der Waals surface area contributed by atoms with E-state index < -0.39 is 23.4 Å². The number of hydrogen-bond acceptors (Lipinski definition) is 6. The predicted molar refractivity (Wildman–Crippen MR) is 98.6 cm³/mol. The number of benzene rings is 1. The second-order valence-corrected chi connectivity index (χ2v) is 6.77. The highest BCUT2D eigenvalue weighted by atomic mass is 32.1. The Morgan fingerprint density at radius 2 is 1.96 bits per heavy atom. The number of carbonyl (C=O) groups excluding carboxylic acids is 2. The van der Waals surface area contributed by atoms with Gasteiger partial charge in [0.15, 0.2) is 0 Å². The Morgan fingerprint density at radius 1 is 1.31 bits per heavy atom. The quantitative estimate of drug-likeness (QED) is 0.602. The smallest absolute Gasteiger partial charge is 0.263 e. The summed E-state index contributed by atoms with van der Waals surface area (Å²) in [6.07, 6.45) is 1.28. The zero-order valence-electron chi connectivity index (χ0n) is 14.0. The molecule has 4 N–H and O–H groups in total. The number of primary amides is 1. The first-order valence-corrected chi connectivity index (χ1v) is 8.51. The van der Waals surface area contributed by atoms with E-state index in [9.17, 15) is 19.5 Å². The summed E-state index contributed by atoms with van der Waals surface area (Å²) in [6, 6.07) is 5.16. The van der Waals surface area contributed by atoms with Gasteiger partial charge in [-0.05, 0) is 43.7 Å². The fraction of sp³-hybridized carbons (Fsp3) is 0.176. The van der Waals surface area contributed by atoms with Gasteiger partial charge in [0.1, 0.15) is 16.6 Å². The van der Waals surface area contributed by atoms with Crippen molar-refractivity contribution in [3.05, 3.63) is 51.4 Å². The molecular weight excluding hydrogens is 356 g/mol. The third-order valence-electron chi connectivity index (χ3n) is 4.03. The van der Waals surface area contributed by atoms with Gasteiger partial charge in [-0.2, -0.15) is 0 Å². The number of rotatable bonds is 4. The lowest BCUT2D eigenvalue weighted by molar-refractivity contribution is -0.118. The van der Waals surface area contributed by atoms with Crippen molar-refractivity contribution in [3.8, 4) is 5.75 Å². The number of phenols is 1. The third kappa shape index (κ3) is 3.04. The molecule has 134 valence electrons. The van der Waals surface area contributed by atoms with Gasteiger partial charge >= 0.3 is 0 Å². The van der Waals surface area contributed by atoms with Crippen molar-refractivity contribution in [2.24, 2.45) is 5.73 Å². The maximum atomic E-state index is 12.8. The zero-order valence-corrected chi connectivity index (χ0v) is 14.8. The number of anilines is 1. The second kappa shape index (κ2) is 6.60. The number of nitrogens with one attached hydrogen (secondary N) is 1. The molecule has 3 rings (SSSR count). The number of hydrogen-bond donors (Lipinski definition) is 3. The lowest BCUT2D eigenvalue weighted by Gasteiger charge is -2.15. The van der Waals surface area contributed by atoms with Crippen molar-refractivity contribution in [1.29, 1.82) is 0 Å². The maximum absolute atomic E-state index is 12.8. The highest BCUT2D eigenvalue weighted by Crippen LogP contribution is 2.26. The summed E-state index contributed by atoms with van der Waals surface area (Å²) < 4.78 is 1.21. The number of carbonyl (C=O) groups is 2. The standard InChI is InChI=1S/C17H16N4O4S/c1-8-12-16(26-13(8)14(18)23)19-7-21(17(12)25)9(2)15(24)20-10-3-5-11(22)6-4-10/h3-7,9,22H,1-2H3,(H2,18,23)(H,20,24). The summed E-state index contributed by atoms with van der Waals surface area (Å²) in [7, 11) is 0. The molecule has 1 unspecified atom stereocenters. The number of fused-ring (bicyclic) bond motifs is 1. The second-order valence-electron chi connectivity index (χ2n) is 5.77. The molecule has 8 nitrogen and oxygen atoms in total. The van der Waals surface area contributed by atoms with E-state index in [1.807, 2.05) is 0 Å². The van der Waals surface area contributed by atoms with Crippen molar-refractivity contribution in [3.63, 3.8) is 0 Å². The highest BCUT2D eigenvalue weighted by molar-refractivity contribution is 7.20. The SMILES string of the molecule is Cc1c(C(N)=O)sc2ncn(C(C)C(=O)Nc3ccc(O)cc3)c(=O)c12. The van der Waals surface area contributed by atoms with Gasteiger partial charge in [0, 0.05) is 5.69 Å². The molecule has 1 aromatic carbocycles. The zero-order chi connectivity index (χ0) is 19.0. The fourth-order valence-corrected chi connectivity index (χ4v) is 3.56. The molecule has 2 amide bonds. The van der Waals surface area contributed by atoms with Gasteiger partial charge < -0.3 is 16.2 Å². The predicted octanol–water partition coefficient (Wildman–Crippen LogP) is 1.77. The molecule has 0 bridgehead atoms. The van der Waals surface area contributed by atoms with Gasteiger partial charge in [-0.3, -0.25) is 19.0 Å². The van der Waals surface area contributed by atoms with E-state index in [4.69, 9.17) is 5.73 Å². The van der Waals surface area contributed by atoms with Crippen LogP contribution in [0, 0.1) is 6.92 Å². The van der Waals surface area contributed by atoms with Crippen LogP contribution in [0.3, 0.4) is 0 Å². The molecule has 3 aromatic rings. The summed E-state index contributed by atoms with van der Waals surface area (Å²) in [6.45, 7) is 3.20. The van der Waals surface area contributed by atoms with Crippen molar-refractivity contribution in [2.75, 3.05) is 5.32 Å². The number of thiophene rings is 1. The van der Waals surface area contributed by atoms with Crippen LogP contribution in [0.5, 0.6) is 5.75 Å². The van der Waals surface area contributed by atoms with E-state index in [0.717, 1.165) is 11.3 Å². The molecule has 0 aliphatic rings. The molecular formula is C17H16N4O4S. The maximum Gasteiger partial charge on any atom is 0.263 e. The van der Waals surface area contributed by atoms with Gasteiger partial charge in [0.05, 0.1) is 16.6 Å². The minimum atomic E-state index is -0.829. The molecule has 0 saturated carbocycles. The molecule has 2 heterocycles. The van der Waals surface area contributed by atoms with E-state index in [1.54, 1.807) is 26.0 Å². The van der Waals surface area contributed by atoms with Crippen LogP contribution in [-0.2, 0) is 4.79 Å². The third-order valence-corrected chi connectivity index (χ3v) is 5.25. The minimum Gasteiger partial charge on any atom is -0.508 e. The molecule has 0 aliphatic carbocycles. The van der Waals surface area contributed by atoms with Crippen molar-refractivity contribution in [1.82, 2.24) is 9.55 Å². The Labute approximate surface area is 151 Å². The average Bonchev–Trinajstić information content (AvgIpc) is 2.94. The van der Waals surface area contributed by atoms with Crippen LogP contribution < -0.4 is 16.6 Å². The van der Waals surface area contributed by atoms with Crippen molar-refractivity contribution < 1.29 is 14.7 Å². The normalized spacial score (nSPS) is 12.1. The first kappa shape index (κ1) is 17.6. The molecule has 1 atom stereocenters. The summed E-state index contributed by atoms with van der Waals surface area (Å²) in [5, 5.41) is 12.2. The highest BCUT2D eigenvalue weighted by Gasteiger charge is 2.22. The Bertz CT molecular complexity index is 1070. The number of amides is 2. The van der Waals surface area contributed by atoms with Crippen LogP contribution in [0.15, 0.2) is 35.4 Å². The molecule has 0 spiro atoms. The summed E-state index contributed by atoms with van der Waals surface area (Å²) >= 11 is 1.06. The lowest BCUT2D eigenvalue weighted by Crippen LogP contribution is -2.31. The Morgan fingerprint density at radius 3 is 2.58 bits per heavy atom. The van der Waals surface area contributed by atoms with E-state index in [2.05, 4.69) is 10.3 Å². The molecule has 26 heavy (non-hydrogen) atoms. The van der Waals surface area contributed by atoms with Gasteiger partial charge in [0.2, 0.25) is 5.91 Å². The van der Waals surface area contributed by atoms with Crippen LogP contribution in [0.2, 0.25) is 0 Å². The number of phenolic OH excluding ortho intramolecular Hbond substituents is 1. The van der Waals surface area contributed by atoms with Crippen molar-refractivity contribution in [2.45, 2.75) is 19.9 Å². The first-order chi connectivity index (χ1) is 12.3. The number of aromatic nitrogens is 2. The Balaban J connectivity index is 1.96. The molecule has 0 fully saturated rings. The molecule has 9 heteroatoms. The van der Waals surface area contributed by atoms with E-state index in [0.29, 0.717) is 16.1 Å². The first-order valence-electron chi connectivity index (χ1n) is 7.69. The summed E-state index contributed by atoms with van der Waals surface area (Å²) in [4.78, 5) is 41.6. The number of nitrogens with two attached hydrogens (primary N) is 1. The number of aromatic hydroxyl groups is 1. The van der Waals surface area contributed by atoms with Crippen LogP contribution in [-0.4, -0.2) is 26.5 Å². The van der Waals surface area contributed by atoms with Crippen LogP contribution in [0.4, 0.5) is 5.69 Å². The Kier molecular flexibility index (Phi) is 4.47. The lowest BCUT2D eigenvalue weighted by atomic mass is 10.2. The van der Waals surface area contributed by atoms with Gasteiger partial charge in [-0.1, -0.05) is 0 Å². The monoisotopic (exact) mass is 372 g/mol. The molecule has 0 saturated heterocycles. The van der Waals surface area contributed by atoms with Gasteiger partial charge in [0.25, 0.3) is 11.5 Å². The Hall–Kier alpha value is -3.20. The van der Waals surface area contributed by atoms with E-state index >= 15 is 0 Å². The molecule has 0 radical (unpaired) electrons. The van der Waals surface area contributed by atoms with Crippen LogP contribution in [0.1, 0.15) is 28.2 Å². The van der Waals surface area contributed by atoms with Crippen molar-refractivity contribution >= 4 is 39.1 Å².